The van der Waals surface area contributed by atoms with Gasteiger partial charge in [-0.1, -0.05) is 6.07 Å². The normalized spacial score (nSPS) is 14.7. The first-order valence-electron chi connectivity index (χ1n) is 8.38. The van der Waals surface area contributed by atoms with E-state index in [1.807, 2.05) is 12.1 Å². The Morgan fingerprint density at radius 3 is 2.78 bits per heavy atom. The summed E-state index contributed by atoms with van der Waals surface area (Å²) in [6, 6.07) is 6.21. The number of aryl methyl sites for hydroxylation is 1. The third kappa shape index (κ3) is 6.91. The molecule has 0 aliphatic heterocycles. The van der Waals surface area contributed by atoms with Gasteiger partial charge in [0, 0.05) is 33.4 Å². The first-order chi connectivity index (χ1) is 11.2. The van der Waals surface area contributed by atoms with Crippen molar-refractivity contribution in [1.82, 2.24) is 10.6 Å². The van der Waals surface area contributed by atoms with Crippen LogP contribution in [0.4, 0.5) is 0 Å². The van der Waals surface area contributed by atoms with E-state index < -0.39 is 0 Å². The Kier molecular flexibility index (Phi) is 7.20. The molecule has 2 N–H and O–H groups in total. The van der Waals surface area contributed by atoms with Crippen LogP contribution in [-0.2, 0) is 11.3 Å². The van der Waals surface area contributed by atoms with E-state index in [9.17, 15) is 0 Å². The van der Waals surface area contributed by atoms with E-state index in [-0.39, 0.29) is 0 Å². The van der Waals surface area contributed by atoms with Crippen molar-refractivity contribution in [2.45, 2.75) is 32.7 Å². The van der Waals surface area contributed by atoms with Crippen molar-refractivity contribution in [3.8, 4) is 5.75 Å². The highest BCUT2D eigenvalue weighted by Gasteiger charge is 2.20. The van der Waals surface area contributed by atoms with Crippen LogP contribution in [0.1, 0.15) is 30.4 Å². The van der Waals surface area contributed by atoms with Crippen LogP contribution in [0.3, 0.4) is 0 Å². The fraction of sp³-hybridized carbons (Fsp3) is 0.611. The predicted molar refractivity (Wildman–Crippen MR) is 94.1 cm³/mol. The molecule has 1 aromatic carbocycles. The molecule has 5 nitrogen and oxygen atoms in total. The molecule has 2 rings (SSSR count). The molecular formula is C18H29N3O2. The molecule has 0 heterocycles. The zero-order valence-electron chi connectivity index (χ0n) is 14.5. The second kappa shape index (κ2) is 9.40. The Labute approximate surface area is 139 Å². The van der Waals surface area contributed by atoms with Gasteiger partial charge in [-0.25, -0.2) is 0 Å². The average molecular weight is 319 g/mol. The molecule has 5 heteroatoms. The third-order valence-electron chi connectivity index (χ3n) is 3.84. The number of hydrogen-bond donors (Lipinski definition) is 2. The number of benzene rings is 1. The van der Waals surface area contributed by atoms with Gasteiger partial charge in [0.1, 0.15) is 5.75 Å². The van der Waals surface area contributed by atoms with Crippen molar-refractivity contribution >= 4 is 5.96 Å². The maximum atomic E-state index is 5.63. The van der Waals surface area contributed by atoms with Gasteiger partial charge in [0.25, 0.3) is 0 Å². The van der Waals surface area contributed by atoms with Crippen LogP contribution in [0.5, 0.6) is 5.75 Å². The topological polar surface area (TPSA) is 54.9 Å². The van der Waals surface area contributed by atoms with Gasteiger partial charge < -0.3 is 20.1 Å². The number of aliphatic imine (C=N–C) groups is 1. The molecule has 23 heavy (non-hydrogen) atoms. The molecule has 1 saturated carbocycles. The van der Waals surface area contributed by atoms with Crippen LogP contribution in [0.15, 0.2) is 23.2 Å². The number of hydrogen-bond acceptors (Lipinski definition) is 3. The van der Waals surface area contributed by atoms with Gasteiger partial charge in [-0.15, -0.1) is 0 Å². The second-order valence-corrected chi connectivity index (χ2v) is 6.08. The van der Waals surface area contributed by atoms with Gasteiger partial charge in [-0.3, -0.25) is 4.99 Å². The molecule has 0 spiro atoms. The van der Waals surface area contributed by atoms with Gasteiger partial charge in [-0.05, 0) is 55.4 Å². The lowest BCUT2D eigenvalue weighted by Crippen LogP contribution is -2.37. The van der Waals surface area contributed by atoms with Crippen LogP contribution in [-0.4, -0.2) is 39.9 Å². The SMILES string of the molecule is CN=C(NCCCOCC1CC1)NCc1cc(C)cc(OC)c1. The summed E-state index contributed by atoms with van der Waals surface area (Å²) in [5, 5.41) is 6.64. The van der Waals surface area contributed by atoms with E-state index in [4.69, 9.17) is 9.47 Å². The lowest BCUT2D eigenvalue weighted by molar-refractivity contribution is 0.123. The van der Waals surface area contributed by atoms with E-state index in [0.717, 1.165) is 50.4 Å². The number of ether oxygens (including phenoxy) is 2. The minimum absolute atomic E-state index is 0.718. The zero-order valence-corrected chi connectivity index (χ0v) is 14.5. The van der Waals surface area contributed by atoms with E-state index in [1.54, 1.807) is 14.2 Å². The predicted octanol–water partition coefficient (Wildman–Crippen LogP) is 2.49. The molecular weight excluding hydrogens is 290 g/mol. The van der Waals surface area contributed by atoms with Crippen LogP contribution in [0, 0.1) is 12.8 Å². The van der Waals surface area contributed by atoms with Crippen LogP contribution in [0.2, 0.25) is 0 Å². The number of nitrogens with zero attached hydrogens (tertiary/aromatic N) is 1. The lowest BCUT2D eigenvalue weighted by atomic mass is 10.1. The van der Waals surface area contributed by atoms with Crippen molar-refractivity contribution in [1.29, 1.82) is 0 Å². The highest BCUT2D eigenvalue weighted by Crippen LogP contribution is 2.28. The standard InChI is InChI=1S/C18H29N3O2/c1-14-9-16(11-17(10-14)22-3)12-21-18(19-2)20-7-4-8-23-13-15-5-6-15/h9-11,15H,4-8,12-13H2,1-3H3,(H2,19,20,21). The smallest absolute Gasteiger partial charge is 0.191 e. The molecule has 0 atom stereocenters. The first-order valence-corrected chi connectivity index (χ1v) is 8.38. The Balaban J connectivity index is 1.64. The summed E-state index contributed by atoms with van der Waals surface area (Å²) >= 11 is 0. The zero-order chi connectivity index (χ0) is 16.5. The maximum absolute atomic E-state index is 5.63. The van der Waals surface area contributed by atoms with E-state index >= 15 is 0 Å². The molecule has 1 aromatic rings. The first kappa shape index (κ1) is 17.6. The molecule has 128 valence electrons. The molecule has 1 aliphatic rings. The molecule has 1 fully saturated rings. The Hall–Kier alpha value is -1.75. The molecule has 0 unspecified atom stereocenters. The number of methoxy groups -OCH3 is 1. The van der Waals surface area contributed by atoms with Crippen molar-refractivity contribution < 1.29 is 9.47 Å². The summed E-state index contributed by atoms with van der Waals surface area (Å²) in [6.45, 7) is 5.40. The largest absolute Gasteiger partial charge is 0.497 e. The molecule has 0 radical (unpaired) electrons. The van der Waals surface area contributed by atoms with Crippen LogP contribution in [0.25, 0.3) is 0 Å². The van der Waals surface area contributed by atoms with Crippen molar-refractivity contribution in [3.05, 3.63) is 29.3 Å². The van der Waals surface area contributed by atoms with E-state index in [1.165, 1.54) is 24.0 Å². The number of guanidine groups is 1. The Morgan fingerprint density at radius 2 is 2.09 bits per heavy atom. The second-order valence-electron chi connectivity index (χ2n) is 6.08. The monoisotopic (exact) mass is 319 g/mol. The summed E-state index contributed by atoms with van der Waals surface area (Å²) in [4.78, 5) is 4.25. The van der Waals surface area contributed by atoms with Crippen molar-refractivity contribution in [2.24, 2.45) is 10.9 Å². The van der Waals surface area contributed by atoms with Gasteiger partial charge in [0.2, 0.25) is 0 Å². The average Bonchev–Trinajstić information content (AvgIpc) is 3.37. The summed E-state index contributed by atoms with van der Waals surface area (Å²) < 4.78 is 10.9. The summed E-state index contributed by atoms with van der Waals surface area (Å²) in [7, 11) is 3.48. The summed E-state index contributed by atoms with van der Waals surface area (Å²) in [6.07, 6.45) is 3.68. The molecule has 0 amide bonds. The Bertz CT molecular complexity index is 513. The third-order valence-corrected chi connectivity index (χ3v) is 3.84. The fourth-order valence-corrected chi connectivity index (χ4v) is 2.37. The summed E-state index contributed by atoms with van der Waals surface area (Å²) in [5.74, 6) is 2.54. The fourth-order valence-electron chi connectivity index (χ4n) is 2.37. The number of nitrogens with one attached hydrogen (secondary N) is 2. The maximum Gasteiger partial charge on any atom is 0.191 e. The molecule has 1 aliphatic carbocycles. The number of rotatable bonds is 9. The van der Waals surface area contributed by atoms with Crippen LogP contribution >= 0.6 is 0 Å². The van der Waals surface area contributed by atoms with Gasteiger partial charge >= 0.3 is 0 Å². The van der Waals surface area contributed by atoms with Crippen molar-refractivity contribution in [2.75, 3.05) is 33.9 Å². The highest BCUT2D eigenvalue weighted by atomic mass is 16.5. The van der Waals surface area contributed by atoms with Gasteiger partial charge in [-0.2, -0.15) is 0 Å². The minimum Gasteiger partial charge on any atom is -0.497 e. The van der Waals surface area contributed by atoms with E-state index in [2.05, 4.69) is 28.6 Å². The quantitative estimate of drug-likeness (QED) is 0.417. The van der Waals surface area contributed by atoms with Gasteiger partial charge in [0.05, 0.1) is 7.11 Å². The van der Waals surface area contributed by atoms with E-state index in [0.29, 0.717) is 0 Å². The molecule has 0 saturated heterocycles. The van der Waals surface area contributed by atoms with Crippen LogP contribution < -0.4 is 15.4 Å². The van der Waals surface area contributed by atoms with Crippen molar-refractivity contribution in [3.63, 3.8) is 0 Å². The van der Waals surface area contributed by atoms with Gasteiger partial charge in [0.15, 0.2) is 5.96 Å². The highest BCUT2D eigenvalue weighted by molar-refractivity contribution is 5.79. The molecule has 0 bridgehead atoms. The lowest BCUT2D eigenvalue weighted by Gasteiger charge is -2.13. The summed E-state index contributed by atoms with van der Waals surface area (Å²) in [5.41, 5.74) is 2.37. The minimum atomic E-state index is 0.718. The Morgan fingerprint density at radius 1 is 1.26 bits per heavy atom. The molecule has 0 aromatic heterocycles.